The second kappa shape index (κ2) is 5.26. The summed E-state index contributed by atoms with van der Waals surface area (Å²) in [7, 11) is -3.69. The van der Waals surface area contributed by atoms with Crippen LogP contribution in [0, 0.1) is 5.92 Å². The van der Waals surface area contributed by atoms with Crippen LogP contribution in [0.5, 0.6) is 0 Å². The van der Waals surface area contributed by atoms with E-state index in [2.05, 4.69) is 5.32 Å². The van der Waals surface area contributed by atoms with Gasteiger partial charge in [-0.3, -0.25) is 0 Å². The smallest absolute Gasteiger partial charge is 0.240 e. The van der Waals surface area contributed by atoms with Crippen molar-refractivity contribution in [1.29, 1.82) is 0 Å². The van der Waals surface area contributed by atoms with Gasteiger partial charge in [-0.05, 0) is 37.4 Å². The van der Waals surface area contributed by atoms with E-state index >= 15 is 0 Å². The Morgan fingerprint density at radius 3 is 2.67 bits per heavy atom. The molecule has 2 atom stereocenters. The van der Waals surface area contributed by atoms with E-state index in [0.29, 0.717) is 18.2 Å². The third-order valence-corrected chi connectivity index (χ3v) is 4.47. The summed E-state index contributed by atoms with van der Waals surface area (Å²) in [6, 6.07) is 6.96. The summed E-state index contributed by atoms with van der Waals surface area (Å²) < 4.78 is 23.0. The second-order valence-corrected chi connectivity index (χ2v) is 6.25. The van der Waals surface area contributed by atoms with Crippen molar-refractivity contribution >= 4 is 15.7 Å². The minimum Gasteiger partial charge on any atom is -0.381 e. The zero-order valence-corrected chi connectivity index (χ0v) is 11.0. The van der Waals surface area contributed by atoms with E-state index in [1.54, 1.807) is 18.2 Å². The highest BCUT2D eigenvalue weighted by Gasteiger charge is 2.27. The highest BCUT2D eigenvalue weighted by molar-refractivity contribution is 7.89. The molecule has 2 unspecified atom stereocenters. The van der Waals surface area contributed by atoms with E-state index in [9.17, 15) is 8.42 Å². The molecule has 0 heterocycles. The Morgan fingerprint density at radius 1 is 1.28 bits per heavy atom. The Morgan fingerprint density at radius 2 is 2.00 bits per heavy atom. The summed E-state index contributed by atoms with van der Waals surface area (Å²) >= 11 is 0. The average Bonchev–Trinajstić information content (AvgIpc) is 2.75. The van der Waals surface area contributed by atoms with Gasteiger partial charge >= 0.3 is 0 Å². The average molecular weight is 269 g/mol. The lowest BCUT2D eigenvalue weighted by Crippen LogP contribution is -2.30. The minimum atomic E-state index is -3.69. The van der Waals surface area contributed by atoms with E-state index in [1.165, 1.54) is 6.07 Å². The minimum absolute atomic E-state index is 0.146. The normalized spacial score (nSPS) is 24.1. The third-order valence-electron chi connectivity index (χ3n) is 3.50. The van der Waals surface area contributed by atoms with Gasteiger partial charge in [0.2, 0.25) is 10.0 Å². The van der Waals surface area contributed by atoms with Crippen LogP contribution in [0.3, 0.4) is 0 Å². The summed E-state index contributed by atoms with van der Waals surface area (Å²) in [5.41, 5.74) is 6.29. The zero-order chi connectivity index (χ0) is 13.2. The van der Waals surface area contributed by atoms with Crippen molar-refractivity contribution in [3.63, 3.8) is 0 Å². The highest BCUT2D eigenvalue weighted by Crippen LogP contribution is 2.29. The summed E-state index contributed by atoms with van der Waals surface area (Å²) in [6.45, 7) is 0.620. The highest BCUT2D eigenvalue weighted by atomic mass is 32.2. The maximum absolute atomic E-state index is 11.5. The molecule has 0 bridgehead atoms. The predicted molar refractivity (Wildman–Crippen MR) is 71.6 cm³/mol. The Hall–Kier alpha value is -1.11. The molecule has 1 aliphatic rings. The number of primary sulfonamides is 1. The molecule has 1 aromatic carbocycles. The van der Waals surface area contributed by atoms with Crippen LogP contribution in [0.15, 0.2) is 29.2 Å². The van der Waals surface area contributed by atoms with Gasteiger partial charge in [-0.2, -0.15) is 0 Å². The molecule has 0 aromatic heterocycles. The van der Waals surface area contributed by atoms with Crippen LogP contribution >= 0.6 is 0 Å². The largest absolute Gasteiger partial charge is 0.381 e. The first kappa shape index (κ1) is 13.3. The number of hydrogen-bond acceptors (Lipinski definition) is 4. The molecule has 0 radical (unpaired) electrons. The van der Waals surface area contributed by atoms with Gasteiger partial charge in [-0.15, -0.1) is 0 Å². The lowest BCUT2D eigenvalue weighted by atomic mass is 10.0. The molecule has 1 aromatic rings. The fourth-order valence-corrected chi connectivity index (χ4v) is 3.24. The fraction of sp³-hybridized carbons (Fsp3) is 0.500. The number of benzene rings is 1. The number of nitrogens with one attached hydrogen (secondary N) is 1. The summed E-state index contributed by atoms with van der Waals surface area (Å²) in [4.78, 5) is 0.146. The van der Waals surface area contributed by atoms with Gasteiger partial charge in [0.25, 0.3) is 0 Å². The van der Waals surface area contributed by atoms with Crippen LogP contribution in [0.1, 0.15) is 19.3 Å². The van der Waals surface area contributed by atoms with Gasteiger partial charge in [-0.25, -0.2) is 13.6 Å². The molecular formula is C12H19N3O2S. The van der Waals surface area contributed by atoms with Gasteiger partial charge in [0.05, 0.1) is 5.69 Å². The van der Waals surface area contributed by atoms with Gasteiger partial charge in [-0.1, -0.05) is 18.6 Å². The van der Waals surface area contributed by atoms with Crippen molar-refractivity contribution < 1.29 is 8.42 Å². The van der Waals surface area contributed by atoms with E-state index < -0.39 is 10.0 Å². The lowest BCUT2D eigenvalue weighted by Gasteiger charge is -2.22. The Labute approximate surface area is 108 Å². The molecule has 1 saturated carbocycles. The first-order chi connectivity index (χ1) is 8.52. The molecule has 18 heavy (non-hydrogen) atoms. The summed E-state index contributed by atoms with van der Waals surface area (Å²) in [5, 5.41) is 8.48. The van der Waals surface area contributed by atoms with Crippen LogP contribution in [0.2, 0.25) is 0 Å². The molecule has 6 heteroatoms. The van der Waals surface area contributed by atoms with E-state index in [-0.39, 0.29) is 10.9 Å². The maximum atomic E-state index is 11.5. The number of sulfonamides is 1. The standard InChI is InChI=1S/C12H19N3O2S/c13-8-9-4-3-6-10(9)15-11-5-1-2-7-12(11)18(14,16)17/h1-2,5,7,9-10,15H,3-4,6,8,13H2,(H2,14,16,17). The molecule has 1 aliphatic carbocycles. The molecule has 0 aliphatic heterocycles. The molecule has 100 valence electrons. The van der Waals surface area contributed by atoms with Gasteiger partial charge in [0.15, 0.2) is 0 Å². The Bertz CT molecular complexity index is 516. The third kappa shape index (κ3) is 2.82. The first-order valence-corrected chi connectivity index (χ1v) is 7.65. The Balaban J connectivity index is 2.24. The first-order valence-electron chi connectivity index (χ1n) is 6.11. The SMILES string of the molecule is NCC1CCCC1Nc1ccccc1S(N)(=O)=O. The number of para-hydroxylation sites is 1. The zero-order valence-electron chi connectivity index (χ0n) is 10.2. The lowest BCUT2D eigenvalue weighted by molar-refractivity contribution is 0.515. The van der Waals surface area contributed by atoms with E-state index in [0.717, 1.165) is 19.3 Å². The van der Waals surface area contributed by atoms with Crippen LogP contribution in [-0.4, -0.2) is 21.0 Å². The van der Waals surface area contributed by atoms with Crippen LogP contribution in [-0.2, 0) is 10.0 Å². The molecule has 0 spiro atoms. The second-order valence-electron chi connectivity index (χ2n) is 4.72. The molecule has 1 fully saturated rings. The van der Waals surface area contributed by atoms with Crippen molar-refractivity contribution in [3.8, 4) is 0 Å². The molecule has 0 saturated heterocycles. The predicted octanol–water partition coefficient (Wildman–Crippen LogP) is 0.873. The van der Waals surface area contributed by atoms with Crippen molar-refractivity contribution in [2.24, 2.45) is 16.8 Å². The number of nitrogens with two attached hydrogens (primary N) is 2. The van der Waals surface area contributed by atoms with Crippen molar-refractivity contribution in [3.05, 3.63) is 24.3 Å². The van der Waals surface area contributed by atoms with Crippen LogP contribution < -0.4 is 16.2 Å². The molecule has 5 nitrogen and oxygen atoms in total. The van der Waals surface area contributed by atoms with Crippen LogP contribution in [0.25, 0.3) is 0 Å². The monoisotopic (exact) mass is 269 g/mol. The fourth-order valence-electron chi connectivity index (χ4n) is 2.54. The molecule has 5 N–H and O–H groups in total. The van der Waals surface area contributed by atoms with Gasteiger partial charge < -0.3 is 11.1 Å². The topological polar surface area (TPSA) is 98.2 Å². The van der Waals surface area contributed by atoms with Crippen LogP contribution in [0.4, 0.5) is 5.69 Å². The van der Waals surface area contributed by atoms with E-state index in [4.69, 9.17) is 10.9 Å². The summed E-state index contributed by atoms with van der Waals surface area (Å²) in [6.07, 6.45) is 3.23. The molecular weight excluding hydrogens is 250 g/mol. The van der Waals surface area contributed by atoms with Gasteiger partial charge in [0, 0.05) is 6.04 Å². The van der Waals surface area contributed by atoms with Crippen molar-refractivity contribution in [2.45, 2.75) is 30.2 Å². The number of hydrogen-bond donors (Lipinski definition) is 3. The molecule has 0 amide bonds. The van der Waals surface area contributed by atoms with Gasteiger partial charge in [0.1, 0.15) is 4.90 Å². The van der Waals surface area contributed by atoms with Crippen molar-refractivity contribution in [2.75, 3.05) is 11.9 Å². The number of anilines is 1. The molecule has 2 rings (SSSR count). The number of rotatable bonds is 4. The van der Waals surface area contributed by atoms with Crippen molar-refractivity contribution in [1.82, 2.24) is 0 Å². The quantitative estimate of drug-likeness (QED) is 0.755. The Kier molecular flexibility index (Phi) is 3.89. The summed E-state index contributed by atoms with van der Waals surface area (Å²) in [5.74, 6) is 0.401. The maximum Gasteiger partial charge on any atom is 0.240 e. The van der Waals surface area contributed by atoms with E-state index in [1.807, 2.05) is 0 Å².